The van der Waals surface area contributed by atoms with Crippen LogP contribution in [-0.2, 0) is 0 Å². The van der Waals surface area contributed by atoms with Crippen LogP contribution in [0.4, 0.5) is 0 Å². The fourth-order valence-electron chi connectivity index (χ4n) is 1.98. The van der Waals surface area contributed by atoms with Gasteiger partial charge in [0, 0.05) is 12.1 Å². The van der Waals surface area contributed by atoms with Gasteiger partial charge in [-0.1, -0.05) is 0 Å². The first-order valence-corrected chi connectivity index (χ1v) is 3.87. The minimum absolute atomic E-state index is 0.528. The third-order valence-corrected chi connectivity index (χ3v) is 2.58. The molecule has 2 aliphatic rings. The van der Waals surface area contributed by atoms with E-state index in [0.717, 1.165) is 0 Å². The highest BCUT2D eigenvalue weighted by Gasteiger charge is 2.35. The van der Waals surface area contributed by atoms with E-state index in [0.29, 0.717) is 5.54 Å². The molecular formula is C7H14N2. The summed E-state index contributed by atoms with van der Waals surface area (Å²) in [5.74, 6) is 0. The van der Waals surface area contributed by atoms with Gasteiger partial charge in [0.25, 0.3) is 0 Å². The molecule has 52 valence electrons. The highest BCUT2D eigenvalue weighted by molar-refractivity contribution is 4.98. The Labute approximate surface area is 56.0 Å². The first-order chi connectivity index (χ1) is 4.41. The fraction of sp³-hybridized carbons (Fsp3) is 1.00. The standard InChI is InChI=1S/C7H14N2/c1-2-7(9-4-1)3-5-8-6-7/h8-9H,1-6H2/t7-/m0/s1. The monoisotopic (exact) mass is 126 g/mol. The second-order valence-electron chi connectivity index (χ2n) is 3.24. The molecule has 0 saturated carbocycles. The van der Waals surface area contributed by atoms with E-state index < -0.39 is 0 Å². The molecule has 2 heteroatoms. The minimum Gasteiger partial charge on any atom is -0.315 e. The summed E-state index contributed by atoms with van der Waals surface area (Å²) in [5.41, 5.74) is 0.528. The Bertz CT molecular complexity index is 82.0. The fourth-order valence-corrected chi connectivity index (χ4v) is 1.98. The number of rotatable bonds is 0. The van der Waals surface area contributed by atoms with E-state index in [1.54, 1.807) is 0 Å². The summed E-state index contributed by atoms with van der Waals surface area (Å²) in [5, 5.41) is 6.96. The summed E-state index contributed by atoms with van der Waals surface area (Å²) in [6.07, 6.45) is 4.11. The van der Waals surface area contributed by atoms with Crippen molar-refractivity contribution < 1.29 is 0 Å². The Morgan fingerprint density at radius 3 is 2.67 bits per heavy atom. The van der Waals surface area contributed by atoms with Crippen LogP contribution >= 0.6 is 0 Å². The Morgan fingerprint density at radius 2 is 2.11 bits per heavy atom. The smallest absolute Gasteiger partial charge is 0.0318 e. The van der Waals surface area contributed by atoms with E-state index in [1.165, 1.54) is 38.9 Å². The molecule has 2 nitrogen and oxygen atoms in total. The van der Waals surface area contributed by atoms with Crippen molar-refractivity contribution >= 4 is 0 Å². The summed E-state index contributed by atoms with van der Waals surface area (Å²) in [6, 6.07) is 0. The van der Waals surface area contributed by atoms with Crippen molar-refractivity contribution in [3.63, 3.8) is 0 Å². The number of hydrogen-bond acceptors (Lipinski definition) is 2. The number of nitrogens with one attached hydrogen (secondary N) is 2. The Hall–Kier alpha value is -0.0800. The summed E-state index contributed by atoms with van der Waals surface area (Å²) >= 11 is 0. The molecule has 0 aromatic heterocycles. The van der Waals surface area contributed by atoms with Crippen molar-refractivity contribution in [3.8, 4) is 0 Å². The van der Waals surface area contributed by atoms with Crippen molar-refractivity contribution in [3.05, 3.63) is 0 Å². The van der Waals surface area contributed by atoms with Crippen molar-refractivity contribution in [1.29, 1.82) is 0 Å². The Balaban J connectivity index is 2.04. The molecule has 1 spiro atoms. The first kappa shape index (κ1) is 5.69. The Kier molecular flexibility index (Phi) is 1.24. The molecule has 2 N–H and O–H groups in total. The number of hydrogen-bond donors (Lipinski definition) is 2. The molecule has 2 rings (SSSR count). The third-order valence-electron chi connectivity index (χ3n) is 2.58. The van der Waals surface area contributed by atoms with Gasteiger partial charge in [-0.05, 0) is 32.4 Å². The summed E-state index contributed by atoms with van der Waals surface area (Å²) < 4.78 is 0. The molecule has 0 aromatic rings. The van der Waals surface area contributed by atoms with E-state index in [2.05, 4.69) is 10.6 Å². The molecule has 0 bridgehead atoms. The summed E-state index contributed by atoms with van der Waals surface area (Å²) in [4.78, 5) is 0. The van der Waals surface area contributed by atoms with Crippen LogP contribution in [0.5, 0.6) is 0 Å². The van der Waals surface area contributed by atoms with Gasteiger partial charge in [-0.2, -0.15) is 0 Å². The van der Waals surface area contributed by atoms with Gasteiger partial charge in [0.05, 0.1) is 0 Å². The maximum absolute atomic E-state index is 3.57. The quantitative estimate of drug-likeness (QED) is 0.481. The average molecular weight is 126 g/mol. The predicted molar refractivity (Wildman–Crippen MR) is 37.5 cm³/mol. The first-order valence-electron chi connectivity index (χ1n) is 3.87. The molecule has 0 amide bonds. The lowest BCUT2D eigenvalue weighted by atomic mass is 9.97. The second-order valence-corrected chi connectivity index (χ2v) is 3.24. The van der Waals surface area contributed by atoms with E-state index in [-0.39, 0.29) is 0 Å². The Morgan fingerprint density at radius 1 is 1.11 bits per heavy atom. The van der Waals surface area contributed by atoms with Gasteiger partial charge < -0.3 is 10.6 Å². The molecule has 2 aliphatic heterocycles. The summed E-state index contributed by atoms with van der Waals surface area (Å²) in [6.45, 7) is 3.65. The van der Waals surface area contributed by atoms with Crippen LogP contribution in [0.2, 0.25) is 0 Å². The zero-order valence-electron chi connectivity index (χ0n) is 5.74. The molecule has 2 heterocycles. The zero-order chi connectivity index (χ0) is 6.16. The molecular weight excluding hydrogens is 112 g/mol. The lowest BCUT2D eigenvalue weighted by Gasteiger charge is -2.21. The van der Waals surface area contributed by atoms with Gasteiger partial charge in [-0.25, -0.2) is 0 Å². The van der Waals surface area contributed by atoms with Crippen LogP contribution in [0.15, 0.2) is 0 Å². The molecule has 1 atom stereocenters. The topological polar surface area (TPSA) is 24.1 Å². The van der Waals surface area contributed by atoms with Crippen molar-refractivity contribution in [2.45, 2.75) is 24.8 Å². The molecule has 0 unspecified atom stereocenters. The average Bonchev–Trinajstić information content (AvgIpc) is 2.45. The maximum atomic E-state index is 3.57. The van der Waals surface area contributed by atoms with Gasteiger partial charge in [-0.15, -0.1) is 0 Å². The van der Waals surface area contributed by atoms with Crippen LogP contribution < -0.4 is 10.6 Å². The van der Waals surface area contributed by atoms with Crippen LogP contribution in [-0.4, -0.2) is 25.2 Å². The highest BCUT2D eigenvalue weighted by atomic mass is 15.1. The van der Waals surface area contributed by atoms with E-state index in [9.17, 15) is 0 Å². The highest BCUT2D eigenvalue weighted by Crippen LogP contribution is 2.24. The van der Waals surface area contributed by atoms with Crippen molar-refractivity contribution in [2.75, 3.05) is 19.6 Å². The van der Waals surface area contributed by atoms with E-state index >= 15 is 0 Å². The summed E-state index contributed by atoms with van der Waals surface area (Å²) in [7, 11) is 0. The predicted octanol–water partition coefficient (Wildman–Crippen LogP) is 0.102. The molecule has 9 heavy (non-hydrogen) atoms. The molecule has 0 aliphatic carbocycles. The minimum atomic E-state index is 0.528. The van der Waals surface area contributed by atoms with Crippen LogP contribution in [0.1, 0.15) is 19.3 Å². The SMILES string of the molecule is C1CN[C@@]2(C1)CCNC2. The van der Waals surface area contributed by atoms with Crippen LogP contribution in [0, 0.1) is 0 Å². The molecule has 0 aromatic carbocycles. The van der Waals surface area contributed by atoms with Gasteiger partial charge in [0.1, 0.15) is 0 Å². The van der Waals surface area contributed by atoms with Crippen molar-refractivity contribution in [1.82, 2.24) is 10.6 Å². The normalized spacial score (nSPS) is 42.7. The van der Waals surface area contributed by atoms with Crippen LogP contribution in [0.3, 0.4) is 0 Å². The second kappa shape index (κ2) is 1.96. The third kappa shape index (κ3) is 0.864. The van der Waals surface area contributed by atoms with E-state index in [1.807, 2.05) is 0 Å². The maximum Gasteiger partial charge on any atom is 0.0318 e. The van der Waals surface area contributed by atoms with Gasteiger partial charge in [-0.3, -0.25) is 0 Å². The molecule has 2 saturated heterocycles. The van der Waals surface area contributed by atoms with Crippen LogP contribution in [0.25, 0.3) is 0 Å². The lowest BCUT2D eigenvalue weighted by molar-refractivity contribution is 0.414. The van der Waals surface area contributed by atoms with Gasteiger partial charge >= 0.3 is 0 Å². The molecule has 0 radical (unpaired) electrons. The zero-order valence-corrected chi connectivity index (χ0v) is 5.74. The lowest BCUT2D eigenvalue weighted by Crippen LogP contribution is -2.41. The largest absolute Gasteiger partial charge is 0.315 e. The van der Waals surface area contributed by atoms with Crippen molar-refractivity contribution in [2.24, 2.45) is 0 Å². The van der Waals surface area contributed by atoms with Gasteiger partial charge in [0.15, 0.2) is 0 Å². The van der Waals surface area contributed by atoms with E-state index in [4.69, 9.17) is 0 Å². The van der Waals surface area contributed by atoms with Gasteiger partial charge in [0.2, 0.25) is 0 Å². The molecule has 2 fully saturated rings.